The Balaban J connectivity index is 2.17. The maximum absolute atomic E-state index is 11.7. The second-order valence-electron chi connectivity index (χ2n) is 3.12. The van der Waals surface area contributed by atoms with E-state index in [1.807, 2.05) is 0 Å². The molecule has 0 aliphatic carbocycles. The largest absolute Gasteiger partial charge is 0.328 e. The van der Waals surface area contributed by atoms with Crippen LogP contribution in [-0.4, -0.2) is 20.9 Å². The van der Waals surface area contributed by atoms with E-state index >= 15 is 0 Å². The molecule has 1 amide bonds. The number of carbonyl (C=O) groups excluding carboxylic acids is 1. The molecule has 0 saturated carbocycles. The molecule has 0 spiro atoms. The summed E-state index contributed by atoms with van der Waals surface area (Å²) < 4.78 is 0. The second-order valence-corrected chi connectivity index (χ2v) is 3.51. The molecule has 0 aromatic carbocycles. The Morgan fingerprint density at radius 1 is 1.35 bits per heavy atom. The standard InChI is InChI=1S/C10H7ClN4O2/c11-7-3-8(14-5-13-7)15-10(17)6-1-2-9(16)12-4-6/h1-5H,(H,12,16)(H,13,14,15,17). The number of hydrogen-bond donors (Lipinski definition) is 2. The van der Waals surface area contributed by atoms with Crippen LogP contribution >= 0.6 is 11.6 Å². The minimum absolute atomic E-state index is 0.233. The smallest absolute Gasteiger partial charge is 0.258 e. The summed E-state index contributed by atoms with van der Waals surface area (Å²) in [6.45, 7) is 0. The lowest BCUT2D eigenvalue weighted by Gasteiger charge is -2.03. The first kappa shape index (κ1) is 11.3. The number of hydrogen-bond acceptors (Lipinski definition) is 4. The van der Waals surface area contributed by atoms with Crippen molar-refractivity contribution in [2.24, 2.45) is 0 Å². The van der Waals surface area contributed by atoms with E-state index in [-0.39, 0.29) is 10.7 Å². The SMILES string of the molecule is O=C(Nc1cc(Cl)ncn1)c1ccc(=O)[nH]c1. The number of aromatic nitrogens is 3. The lowest BCUT2D eigenvalue weighted by molar-refractivity contribution is 0.102. The summed E-state index contributed by atoms with van der Waals surface area (Å²) in [5.41, 5.74) is 0.0472. The number of rotatable bonds is 2. The predicted molar refractivity (Wildman–Crippen MR) is 62.1 cm³/mol. The molecule has 0 aliphatic heterocycles. The van der Waals surface area contributed by atoms with Gasteiger partial charge in [-0.2, -0.15) is 0 Å². The number of aromatic amines is 1. The molecule has 2 aromatic rings. The second kappa shape index (κ2) is 4.75. The van der Waals surface area contributed by atoms with Crippen LogP contribution in [0.5, 0.6) is 0 Å². The molecule has 0 radical (unpaired) electrons. The van der Waals surface area contributed by atoms with Crippen molar-refractivity contribution in [1.29, 1.82) is 0 Å². The van der Waals surface area contributed by atoms with Crippen molar-refractivity contribution >= 4 is 23.3 Å². The van der Waals surface area contributed by atoms with Gasteiger partial charge in [0.25, 0.3) is 5.91 Å². The molecule has 0 unspecified atom stereocenters. The molecule has 0 fully saturated rings. The Hall–Kier alpha value is -2.21. The van der Waals surface area contributed by atoms with Gasteiger partial charge in [0.2, 0.25) is 5.56 Å². The van der Waals surface area contributed by atoms with Gasteiger partial charge in [-0.05, 0) is 6.07 Å². The normalized spacial score (nSPS) is 9.94. The average molecular weight is 251 g/mol. The van der Waals surface area contributed by atoms with Gasteiger partial charge < -0.3 is 10.3 Å². The highest BCUT2D eigenvalue weighted by Crippen LogP contribution is 2.09. The molecule has 2 rings (SSSR count). The van der Waals surface area contributed by atoms with Crippen LogP contribution in [0.4, 0.5) is 5.82 Å². The molecule has 0 bridgehead atoms. The number of pyridine rings is 1. The van der Waals surface area contributed by atoms with Crippen molar-refractivity contribution in [3.8, 4) is 0 Å². The molecule has 2 heterocycles. The third-order valence-corrected chi connectivity index (χ3v) is 2.13. The van der Waals surface area contributed by atoms with Gasteiger partial charge in [0, 0.05) is 18.3 Å². The zero-order valence-corrected chi connectivity index (χ0v) is 9.23. The van der Waals surface area contributed by atoms with E-state index in [2.05, 4.69) is 20.3 Å². The van der Waals surface area contributed by atoms with Crippen LogP contribution in [0.2, 0.25) is 5.15 Å². The van der Waals surface area contributed by atoms with Gasteiger partial charge in [0.1, 0.15) is 17.3 Å². The highest BCUT2D eigenvalue weighted by Gasteiger charge is 2.06. The maximum atomic E-state index is 11.7. The van der Waals surface area contributed by atoms with Crippen LogP contribution in [0.15, 0.2) is 35.5 Å². The molecule has 0 aliphatic rings. The molecule has 0 saturated heterocycles. The highest BCUT2D eigenvalue weighted by molar-refractivity contribution is 6.29. The molecule has 6 nitrogen and oxygen atoms in total. The zero-order valence-electron chi connectivity index (χ0n) is 8.48. The topological polar surface area (TPSA) is 87.7 Å². The average Bonchev–Trinajstić information content (AvgIpc) is 2.29. The lowest BCUT2D eigenvalue weighted by atomic mass is 10.3. The Morgan fingerprint density at radius 2 is 2.18 bits per heavy atom. The molecular weight excluding hydrogens is 244 g/mol. The fourth-order valence-electron chi connectivity index (χ4n) is 1.14. The van der Waals surface area contributed by atoms with E-state index in [4.69, 9.17) is 11.6 Å². The van der Waals surface area contributed by atoms with Gasteiger partial charge in [0.05, 0.1) is 5.56 Å². The predicted octanol–water partition coefficient (Wildman–Crippen LogP) is 1.07. The molecule has 7 heteroatoms. The van der Waals surface area contributed by atoms with Gasteiger partial charge >= 0.3 is 0 Å². The van der Waals surface area contributed by atoms with Gasteiger partial charge in [-0.25, -0.2) is 9.97 Å². The van der Waals surface area contributed by atoms with Crippen LogP contribution in [0.25, 0.3) is 0 Å². The molecule has 2 aromatic heterocycles. The first-order chi connectivity index (χ1) is 8.15. The number of nitrogens with one attached hydrogen (secondary N) is 2. The van der Waals surface area contributed by atoms with Crippen molar-refractivity contribution in [2.45, 2.75) is 0 Å². The number of nitrogens with zero attached hydrogens (tertiary/aromatic N) is 2. The van der Waals surface area contributed by atoms with Crippen LogP contribution in [0, 0.1) is 0 Å². The van der Waals surface area contributed by atoms with E-state index in [0.29, 0.717) is 11.4 Å². The fourth-order valence-corrected chi connectivity index (χ4v) is 1.29. The number of halogens is 1. The number of anilines is 1. The van der Waals surface area contributed by atoms with E-state index in [9.17, 15) is 9.59 Å². The van der Waals surface area contributed by atoms with E-state index in [1.54, 1.807) is 0 Å². The Labute approximate surface area is 101 Å². The highest BCUT2D eigenvalue weighted by atomic mass is 35.5. The zero-order chi connectivity index (χ0) is 12.3. The molecule has 86 valence electrons. The summed E-state index contributed by atoms with van der Waals surface area (Å²) in [6.07, 6.45) is 2.56. The van der Waals surface area contributed by atoms with Crippen molar-refractivity contribution in [2.75, 3.05) is 5.32 Å². The molecule has 2 N–H and O–H groups in total. The third-order valence-electron chi connectivity index (χ3n) is 1.92. The summed E-state index contributed by atoms with van der Waals surface area (Å²) >= 11 is 5.65. The van der Waals surface area contributed by atoms with Gasteiger partial charge in [-0.15, -0.1) is 0 Å². The summed E-state index contributed by atoms with van der Waals surface area (Å²) in [4.78, 5) is 32.4. The maximum Gasteiger partial charge on any atom is 0.258 e. The minimum atomic E-state index is -0.393. The lowest BCUT2D eigenvalue weighted by Crippen LogP contribution is -2.15. The summed E-state index contributed by atoms with van der Waals surface area (Å²) in [7, 11) is 0. The van der Waals surface area contributed by atoms with Crippen molar-refractivity contribution in [3.63, 3.8) is 0 Å². The van der Waals surface area contributed by atoms with E-state index in [1.165, 1.54) is 30.7 Å². The number of amides is 1. The number of H-pyrrole nitrogens is 1. The molecular formula is C10H7ClN4O2. The summed E-state index contributed by atoms with van der Waals surface area (Å²) in [6, 6.07) is 4.10. The van der Waals surface area contributed by atoms with Crippen LogP contribution in [-0.2, 0) is 0 Å². The van der Waals surface area contributed by atoms with Crippen LogP contribution in [0.1, 0.15) is 10.4 Å². The Morgan fingerprint density at radius 3 is 2.82 bits per heavy atom. The summed E-state index contributed by atoms with van der Waals surface area (Å²) in [5.74, 6) is -0.0998. The van der Waals surface area contributed by atoms with Gasteiger partial charge in [0.15, 0.2) is 0 Å². The van der Waals surface area contributed by atoms with Gasteiger partial charge in [-0.1, -0.05) is 11.6 Å². The minimum Gasteiger partial charge on any atom is -0.328 e. The first-order valence-electron chi connectivity index (χ1n) is 4.63. The van der Waals surface area contributed by atoms with Crippen LogP contribution in [0.3, 0.4) is 0 Å². The molecule has 0 atom stereocenters. The summed E-state index contributed by atoms with van der Waals surface area (Å²) in [5, 5.41) is 2.76. The molecule has 17 heavy (non-hydrogen) atoms. The van der Waals surface area contributed by atoms with Gasteiger partial charge in [-0.3, -0.25) is 9.59 Å². The Kier molecular flexibility index (Phi) is 3.15. The van der Waals surface area contributed by atoms with Crippen LogP contribution < -0.4 is 10.9 Å². The third kappa shape index (κ3) is 2.88. The van der Waals surface area contributed by atoms with Crippen molar-refractivity contribution in [1.82, 2.24) is 15.0 Å². The van der Waals surface area contributed by atoms with E-state index in [0.717, 1.165) is 0 Å². The van der Waals surface area contributed by atoms with Crippen molar-refractivity contribution in [3.05, 3.63) is 51.8 Å². The quantitative estimate of drug-likeness (QED) is 0.781. The number of carbonyl (C=O) groups is 1. The monoisotopic (exact) mass is 250 g/mol. The van der Waals surface area contributed by atoms with E-state index < -0.39 is 5.91 Å². The Bertz CT molecular complexity index is 591. The first-order valence-corrected chi connectivity index (χ1v) is 5.00. The fraction of sp³-hybridized carbons (Fsp3) is 0. The van der Waals surface area contributed by atoms with Crippen molar-refractivity contribution < 1.29 is 4.79 Å².